The molecule has 0 aliphatic rings. The van der Waals surface area contributed by atoms with Crippen LogP contribution in [0.25, 0.3) is 0 Å². The molecular weight excluding hydrogens is 266 g/mol. The maximum absolute atomic E-state index is 11.2. The molecule has 1 N–H and O–H groups in total. The van der Waals surface area contributed by atoms with Crippen LogP contribution < -0.4 is 5.56 Å². The van der Waals surface area contributed by atoms with Crippen LogP contribution >= 0.6 is 0 Å². The molecule has 0 atom stereocenters. The number of aryl methyl sites for hydroxylation is 1. The Bertz CT molecular complexity index is 512. The Kier molecular flexibility index (Phi) is 5.54. The van der Waals surface area contributed by atoms with Crippen molar-refractivity contribution in [1.82, 2.24) is 4.98 Å². The minimum Gasteiger partial charge on any atom is -0.413 e. The summed E-state index contributed by atoms with van der Waals surface area (Å²) in [6.07, 6.45) is 1.64. The summed E-state index contributed by atoms with van der Waals surface area (Å²) in [5.41, 5.74) is 1.98. The second-order valence-electron chi connectivity index (χ2n) is 6.84. The van der Waals surface area contributed by atoms with E-state index in [-0.39, 0.29) is 10.6 Å². The molecular formula is C16H27NO2Si. The lowest BCUT2D eigenvalue weighted by Crippen LogP contribution is -2.41. The first-order valence-corrected chi connectivity index (χ1v) is 10.0. The molecule has 0 aromatic carbocycles. The van der Waals surface area contributed by atoms with Crippen molar-refractivity contribution in [1.29, 1.82) is 0 Å². The molecule has 0 spiro atoms. The lowest BCUT2D eigenvalue weighted by atomic mass is 10.1. The van der Waals surface area contributed by atoms with Crippen molar-refractivity contribution >= 4 is 8.32 Å². The smallest absolute Gasteiger partial charge is 0.248 e. The van der Waals surface area contributed by atoms with Crippen molar-refractivity contribution in [2.45, 2.75) is 51.7 Å². The molecule has 1 heterocycles. The Morgan fingerprint density at radius 2 is 2.00 bits per heavy atom. The summed E-state index contributed by atoms with van der Waals surface area (Å²) in [4.78, 5) is 14.0. The molecule has 0 amide bonds. The maximum atomic E-state index is 11.2. The Labute approximate surface area is 123 Å². The fraction of sp³-hybridized carbons (Fsp3) is 0.562. The number of H-pyrrole nitrogens is 1. The first-order chi connectivity index (χ1) is 9.12. The fourth-order valence-corrected chi connectivity index (χ4v) is 2.52. The third-order valence-electron chi connectivity index (χ3n) is 4.02. The Morgan fingerprint density at radius 3 is 2.55 bits per heavy atom. The predicted molar refractivity (Wildman–Crippen MR) is 87.7 cm³/mol. The number of aromatic nitrogens is 1. The molecule has 1 aromatic rings. The molecule has 20 heavy (non-hydrogen) atoms. The number of hydrogen-bond donors (Lipinski definition) is 1. The third kappa shape index (κ3) is 5.10. The van der Waals surface area contributed by atoms with Crippen LogP contribution in [0.15, 0.2) is 35.1 Å². The number of rotatable bonds is 6. The van der Waals surface area contributed by atoms with E-state index in [0.29, 0.717) is 6.61 Å². The van der Waals surface area contributed by atoms with Crippen molar-refractivity contribution in [2.75, 3.05) is 6.61 Å². The van der Waals surface area contributed by atoms with Crippen LogP contribution in [0.5, 0.6) is 0 Å². The van der Waals surface area contributed by atoms with Crippen molar-refractivity contribution in [2.24, 2.45) is 0 Å². The van der Waals surface area contributed by atoms with Gasteiger partial charge in [-0.25, -0.2) is 0 Å². The van der Waals surface area contributed by atoms with Crippen LogP contribution in [0.4, 0.5) is 0 Å². The SMILES string of the molecule is C=C(CCc1cccc(=O)[nH]1)CO[Si](C)(C)C(C)(C)C. The zero-order chi connectivity index (χ0) is 15.4. The van der Waals surface area contributed by atoms with Gasteiger partial charge >= 0.3 is 0 Å². The minimum atomic E-state index is -1.70. The van der Waals surface area contributed by atoms with Crippen LogP contribution in [-0.4, -0.2) is 19.9 Å². The highest BCUT2D eigenvalue weighted by molar-refractivity contribution is 6.74. The van der Waals surface area contributed by atoms with Crippen molar-refractivity contribution in [3.05, 3.63) is 46.4 Å². The van der Waals surface area contributed by atoms with Crippen molar-refractivity contribution in [3.8, 4) is 0 Å². The van der Waals surface area contributed by atoms with Gasteiger partial charge in [0.2, 0.25) is 5.56 Å². The summed E-state index contributed by atoms with van der Waals surface area (Å²) in [5.74, 6) is 0. The summed E-state index contributed by atoms with van der Waals surface area (Å²) in [5, 5.41) is 0.220. The predicted octanol–water partition coefficient (Wildman–Crippen LogP) is 3.89. The van der Waals surface area contributed by atoms with Gasteiger partial charge < -0.3 is 9.41 Å². The molecule has 0 aliphatic carbocycles. The second kappa shape index (κ2) is 6.55. The van der Waals surface area contributed by atoms with Gasteiger partial charge in [-0.1, -0.05) is 39.0 Å². The molecule has 0 bridgehead atoms. The molecule has 1 rings (SSSR count). The summed E-state index contributed by atoms with van der Waals surface area (Å²) in [6.45, 7) is 15.9. The summed E-state index contributed by atoms with van der Waals surface area (Å²) in [6, 6.07) is 5.24. The largest absolute Gasteiger partial charge is 0.413 e. The van der Waals surface area contributed by atoms with Gasteiger partial charge in [0.05, 0.1) is 6.61 Å². The van der Waals surface area contributed by atoms with Gasteiger partial charge in [0.15, 0.2) is 8.32 Å². The highest BCUT2D eigenvalue weighted by Gasteiger charge is 2.36. The van der Waals surface area contributed by atoms with E-state index in [0.717, 1.165) is 24.1 Å². The van der Waals surface area contributed by atoms with Crippen LogP contribution in [-0.2, 0) is 10.8 Å². The monoisotopic (exact) mass is 293 g/mol. The van der Waals surface area contributed by atoms with Crippen LogP contribution in [0.3, 0.4) is 0 Å². The Hall–Kier alpha value is -1.13. The van der Waals surface area contributed by atoms with Gasteiger partial charge in [-0.3, -0.25) is 4.79 Å². The lowest BCUT2D eigenvalue weighted by Gasteiger charge is -2.36. The van der Waals surface area contributed by atoms with Gasteiger partial charge in [0, 0.05) is 11.8 Å². The zero-order valence-electron chi connectivity index (χ0n) is 13.4. The molecule has 4 heteroatoms. The van der Waals surface area contributed by atoms with Gasteiger partial charge in [-0.05, 0) is 37.0 Å². The normalized spacial score (nSPS) is 12.4. The van der Waals surface area contributed by atoms with Crippen molar-refractivity contribution < 1.29 is 4.43 Å². The fourth-order valence-electron chi connectivity index (χ4n) is 1.52. The maximum Gasteiger partial charge on any atom is 0.248 e. The minimum absolute atomic E-state index is 0.0503. The van der Waals surface area contributed by atoms with E-state index in [1.807, 2.05) is 6.07 Å². The number of pyridine rings is 1. The topological polar surface area (TPSA) is 42.1 Å². The van der Waals surface area contributed by atoms with E-state index >= 15 is 0 Å². The first-order valence-electron chi connectivity index (χ1n) is 7.11. The molecule has 0 aliphatic heterocycles. The molecule has 0 saturated carbocycles. The second-order valence-corrected chi connectivity index (χ2v) is 11.6. The van der Waals surface area contributed by atoms with E-state index in [9.17, 15) is 4.79 Å². The number of hydrogen-bond acceptors (Lipinski definition) is 2. The van der Waals surface area contributed by atoms with Crippen molar-refractivity contribution in [3.63, 3.8) is 0 Å². The van der Waals surface area contributed by atoms with Gasteiger partial charge in [0.25, 0.3) is 0 Å². The van der Waals surface area contributed by atoms with E-state index in [1.54, 1.807) is 6.07 Å². The third-order valence-corrected chi connectivity index (χ3v) is 8.50. The van der Waals surface area contributed by atoms with E-state index < -0.39 is 8.32 Å². The molecule has 0 unspecified atom stereocenters. The zero-order valence-corrected chi connectivity index (χ0v) is 14.4. The average molecular weight is 293 g/mol. The van der Waals surface area contributed by atoms with Gasteiger partial charge in [-0.2, -0.15) is 0 Å². The summed E-state index contributed by atoms with van der Waals surface area (Å²) in [7, 11) is -1.70. The quantitative estimate of drug-likeness (QED) is 0.639. The number of aromatic amines is 1. The van der Waals surface area contributed by atoms with Gasteiger partial charge in [-0.15, -0.1) is 0 Å². The highest BCUT2D eigenvalue weighted by atomic mass is 28.4. The highest BCUT2D eigenvalue weighted by Crippen LogP contribution is 2.36. The Balaban J connectivity index is 2.44. The van der Waals surface area contributed by atoms with Crippen LogP contribution in [0.2, 0.25) is 18.1 Å². The lowest BCUT2D eigenvalue weighted by molar-refractivity contribution is 0.315. The molecule has 0 saturated heterocycles. The average Bonchev–Trinajstić information content (AvgIpc) is 2.33. The summed E-state index contributed by atoms with van der Waals surface area (Å²) < 4.78 is 6.14. The van der Waals surface area contributed by atoms with E-state index in [1.165, 1.54) is 6.07 Å². The summed E-state index contributed by atoms with van der Waals surface area (Å²) >= 11 is 0. The van der Waals surface area contributed by atoms with Crippen LogP contribution in [0, 0.1) is 0 Å². The van der Waals surface area contributed by atoms with E-state index in [2.05, 4.69) is 45.4 Å². The molecule has 3 nitrogen and oxygen atoms in total. The van der Waals surface area contributed by atoms with E-state index in [4.69, 9.17) is 4.43 Å². The first kappa shape index (κ1) is 16.9. The molecule has 112 valence electrons. The standard InChI is InChI=1S/C16H27NO2Si/c1-13(12-19-20(5,6)16(2,3)4)10-11-14-8-7-9-15(18)17-14/h7-9H,1,10-12H2,2-6H3,(H,17,18). The van der Waals surface area contributed by atoms with Gasteiger partial charge in [0.1, 0.15) is 0 Å². The number of nitrogens with one attached hydrogen (secondary N) is 1. The molecule has 0 fully saturated rings. The Morgan fingerprint density at radius 1 is 1.35 bits per heavy atom. The molecule has 1 aromatic heterocycles. The molecule has 0 radical (unpaired) electrons. The van der Waals surface area contributed by atoms with Crippen LogP contribution in [0.1, 0.15) is 32.9 Å².